The van der Waals surface area contributed by atoms with E-state index in [0.717, 1.165) is 12.1 Å². The number of hydrogen-bond acceptors (Lipinski definition) is 2. The molecule has 0 aromatic heterocycles. The molecule has 0 amide bonds. The number of phenols is 1. The summed E-state index contributed by atoms with van der Waals surface area (Å²) in [7, 11) is 0. The lowest BCUT2D eigenvalue weighted by Crippen LogP contribution is -2.37. The number of aryl methyl sites for hydroxylation is 1. The first kappa shape index (κ1) is 13.3. The van der Waals surface area contributed by atoms with Gasteiger partial charge in [0.2, 0.25) is 0 Å². The molecule has 3 heteroatoms. The van der Waals surface area contributed by atoms with Crippen LogP contribution in [0.15, 0.2) is 18.2 Å². The fraction of sp³-hybridized carbons (Fsp3) is 0.600. The molecule has 1 saturated heterocycles. The van der Waals surface area contributed by atoms with Gasteiger partial charge in [-0.15, -0.1) is 0 Å². The lowest BCUT2D eigenvalue weighted by Gasteiger charge is -2.34. The molecule has 1 heterocycles. The van der Waals surface area contributed by atoms with Crippen molar-refractivity contribution in [3.8, 4) is 5.75 Å². The van der Waals surface area contributed by atoms with Crippen molar-refractivity contribution in [2.24, 2.45) is 0 Å². The topological polar surface area (TPSA) is 23.5 Å². The number of halogens is 1. The number of aromatic hydroxyl groups is 1. The SMILES string of the molecule is C1CC(N2CCCC2)C1.Cc1ccc(F)cc1O. The highest BCUT2D eigenvalue weighted by molar-refractivity contribution is 5.30. The number of nitrogens with zero attached hydrogens (tertiary/aromatic N) is 1. The molecule has 2 nitrogen and oxygen atoms in total. The van der Waals surface area contributed by atoms with Gasteiger partial charge in [-0.1, -0.05) is 12.5 Å². The van der Waals surface area contributed by atoms with Crippen LogP contribution < -0.4 is 0 Å². The van der Waals surface area contributed by atoms with E-state index in [1.165, 1.54) is 57.3 Å². The van der Waals surface area contributed by atoms with Crippen molar-refractivity contribution < 1.29 is 9.50 Å². The van der Waals surface area contributed by atoms with Gasteiger partial charge in [-0.25, -0.2) is 4.39 Å². The number of hydrogen-bond donors (Lipinski definition) is 1. The van der Waals surface area contributed by atoms with Crippen LogP contribution in [0.4, 0.5) is 4.39 Å². The summed E-state index contributed by atoms with van der Waals surface area (Å²) < 4.78 is 12.2. The Hall–Kier alpha value is -1.09. The summed E-state index contributed by atoms with van der Waals surface area (Å²) in [6.45, 7) is 4.50. The van der Waals surface area contributed by atoms with E-state index in [1.807, 2.05) is 0 Å². The Labute approximate surface area is 108 Å². The summed E-state index contributed by atoms with van der Waals surface area (Å²) in [5.41, 5.74) is 0.691. The van der Waals surface area contributed by atoms with Gasteiger partial charge in [0.25, 0.3) is 0 Å². The molecular formula is C15H22FNO. The van der Waals surface area contributed by atoms with E-state index in [4.69, 9.17) is 5.11 Å². The van der Waals surface area contributed by atoms with Crippen LogP contribution in [0.25, 0.3) is 0 Å². The summed E-state index contributed by atoms with van der Waals surface area (Å²) in [4.78, 5) is 2.67. The van der Waals surface area contributed by atoms with Crippen LogP contribution in [0.3, 0.4) is 0 Å². The molecular weight excluding hydrogens is 229 g/mol. The molecule has 1 aliphatic heterocycles. The molecule has 1 saturated carbocycles. The highest BCUT2D eigenvalue weighted by atomic mass is 19.1. The maximum Gasteiger partial charge on any atom is 0.126 e. The van der Waals surface area contributed by atoms with Crippen molar-refractivity contribution in [1.29, 1.82) is 0 Å². The summed E-state index contributed by atoms with van der Waals surface area (Å²) in [5.74, 6) is -0.395. The summed E-state index contributed by atoms with van der Waals surface area (Å²) in [5, 5.41) is 8.86. The minimum atomic E-state index is -0.405. The molecule has 0 radical (unpaired) electrons. The Bertz CT molecular complexity index is 384. The minimum Gasteiger partial charge on any atom is -0.508 e. The van der Waals surface area contributed by atoms with Gasteiger partial charge >= 0.3 is 0 Å². The molecule has 0 bridgehead atoms. The Kier molecular flexibility index (Phi) is 4.59. The predicted octanol–water partition coefficient (Wildman–Crippen LogP) is 3.47. The quantitative estimate of drug-likeness (QED) is 0.826. The Morgan fingerprint density at radius 1 is 1.17 bits per heavy atom. The zero-order valence-electron chi connectivity index (χ0n) is 11.0. The fourth-order valence-corrected chi connectivity index (χ4v) is 2.44. The molecule has 100 valence electrons. The zero-order valence-corrected chi connectivity index (χ0v) is 11.0. The molecule has 1 aliphatic carbocycles. The van der Waals surface area contributed by atoms with Crippen molar-refractivity contribution >= 4 is 0 Å². The normalized spacial score (nSPS) is 20.1. The van der Waals surface area contributed by atoms with Crippen LogP contribution in [-0.4, -0.2) is 29.1 Å². The van der Waals surface area contributed by atoms with Gasteiger partial charge in [0.05, 0.1) is 0 Å². The third-order valence-corrected chi connectivity index (χ3v) is 3.90. The lowest BCUT2D eigenvalue weighted by molar-refractivity contribution is 0.159. The first-order valence-electron chi connectivity index (χ1n) is 6.86. The molecule has 0 unspecified atom stereocenters. The fourth-order valence-electron chi connectivity index (χ4n) is 2.44. The Balaban J connectivity index is 0.000000134. The van der Waals surface area contributed by atoms with E-state index in [1.54, 1.807) is 6.92 Å². The molecule has 3 rings (SSSR count). The number of likely N-dealkylation sites (tertiary alicyclic amines) is 1. The Morgan fingerprint density at radius 2 is 1.83 bits per heavy atom. The number of phenolic OH excluding ortho intramolecular Hbond substituents is 1. The van der Waals surface area contributed by atoms with Crippen molar-refractivity contribution in [1.82, 2.24) is 4.90 Å². The standard InChI is InChI=1S/C8H15N.C7H7FO/c1-2-7-9(6-1)8-4-3-5-8;1-5-2-3-6(8)4-7(5)9/h8H,1-7H2;2-4,9H,1H3. The van der Waals surface area contributed by atoms with E-state index < -0.39 is 5.82 Å². The van der Waals surface area contributed by atoms with Crippen LogP contribution in [0, 0.1) is 12.7 Å². The zero-order chi connectivity index (χ0) is 13.0. The van der Waals surface area contributed by atoms with Crippen molar-refractivity contribution in [2.75, 3.05) is 13.1 Å². The van der Waals surface area contributed by atoms with Gasteiger partial charge in [0.15, 0.2) is 0 Å². The predicted molar refractivity (Wildman–Crippen MR) is 71.2 cm³/mol. The van der Waals surface area contributed by atoms with Crippen molar-refractivity contribution in [3.63, 3.8) is 0 Å². The third-order valence-electron chi connectivity index (χ3n) is 3.90. The highest BCUT2D eigenvalue weighted by Crippen LogP contribution is 2.27. The van der Waals surface area contributed by atoms with Crippen molar-refractivity contribution in [2.45, 2.75) is 45.1 Å². The van der Waals surface area contributed by atoms with Gasteiger partial charge < -0.3 is 10.0 Å². The van der Waals surface area contributed by atoms with E-state index >= 15 is 0 Å². The van der Waals surface area contributed by atoms with Crippen LogP contribution in [0.5, 0.6) is 5.75 Å². The first-order chi connectivity index (χ1) is 8.66. The second-order valence-corrected chi connectivity index (χ2v) is 5.26. The van der Waals surface area contributed by atoms with Gasteiger partial charge in [-0.05, 0) is 57.3 Å². The maximum absolute atomic E-state index is 12.2. The van der Waals surface area contributed by atoms with Crippen LogP contribution >= 0.6 is 0 Å². The van der Waals surface area contributed by atoms with E-state index in [-0.39, 0.29) is 5.75 Å². The molecule has 18 heavy (non-hydrogen) atoms. The van der Waals surface area contributed by atoms with E-state index in [0.29, 0.717) is 5.56 Å². The van der Waals surface area contributed by atoms with Gasteiger partial charge in [0.1, 0.15) is 11.6 Å². The third kappa shape index (κ3) is 3.45. The number of benzene rings is 1. The average Bonchev–Trinajstić information content (AvgIpc) is 2.76. The largest absolute Gasteiger partial charge is 0.508 e. The molecule has 1 aromatic rings. The molecule has 0 atom stereocenters. The lowest BCUT2D eigenvalue weighted by atomic mass is 9.92. The second-order valence-electron chi connectivity index (χ2n) is 5.26. The molecule has 0 spiro atoms. The maximum atomic E-state index is 12.2. The van der Waals surface area contributed by atoms with Crippen LogP contribution in [-0.2, 0) is 0 Å². The molecule has 1 N–H and O–H groups in total. The summed E-state index contributed by atoms with van der Waals surface area (Å²) in [6, 6.07) is 4.95. The smallest absolute Gasteiger partial charge is 0.126 e. The first-order valence-corrected chi connectivity index (χ1v) is 6.86. The van der Waals surface area contributed by atoms with Gasteiger partial charge in [-0.2, -0.15) is 0 Å². The van der Waals surface area contributed by atoms with Gasteiger partial charge in [0, 0.05) is 12.1 Å². The summed E-state index contributed by atoms with van der Waals surface area (Å²) >= 11 is 0. The monoisotopic (exact) mass is 251 g/mol. The highest BCUT2D eigenvalue weighted by Gasteiger charge is 2.26. The van der Waals surface area contributed by atoms with Crippen LogP contribution in [0.1, 0.15) is 37.7 Å². The molecule has 2 aliphatic rings. The Morgan fingerprint density at radius 3 is 2.28 bits per heavy atom. The average molecular weight is 251 g/mol. The van der Waals surface area contributed by atoms with Crippen LogP contribution in [0.2, 0.25) is 0 Å². The van der Waals surface area contributed by atoms with E-state index in [2.05, 4.69) is 4.90 Å². The minimum absolute atomic E-state index is 0.00926. The molecule has 2 fully saturated rings. The molecule has 1 aromatic carbocycles. The number of rotatable bonds is 1. The van der Waals surface area contributed by atoms with Crippen molar-refractivity contribution in [3.05, 3.63) is 29.6 Å². The van der Waals surface area contributed by atoms with E-state index in [9.17, 15) is 4.39 Å². The van der Waals surface area contributed by atoms with Gasteiger partial charge in [-0.3, -0.25) is 0 Å². The summed E-state index contributed by atoms with van der Waals surface area (Å²) in [6.07, 6.45) is 7.37. The second kappa shape index (κ2) is 6.19.